The normalized spacial score (nSPS) is 23.2. The topological polar surface area (TPSA) is 28.9 Å². The molecule has 0 aromatic heterocycles. The average molecular weight is 306 g/mol. The Morgan fingerprint density at radius 1 is 1.29 bits per heavy atom. The molecule has 2 aliphatic rings. The molecule has 21 heavy (non-hydrogen) atoms. The second kappa shape index (κ2) is 7.20. The summed E-state index contributed by atoms with van der Waals surface area (Å²) in [7, 11) is 0. The van der Waals surface area contributed by atoms with Gasteiger partial charge in [-0.2, -0.15) is 0 Å². The van der Waals surface area contributed by atoms with Gasteiger partial charge in [-0.25, -0.2) is 0 Å². The molecule has 2 saturated heterocycles. The first kappa shape index (κ1) is 14.8. The maximum atomic E-state index is 5.62. The van der Waals surface area contributed by atoms with E-state index < -0.39 is 0 Å². The lowest BCUT2D eigenvalue weighted by Gasteiger charge is -2.33. The number of ether oxygens (including phenoxy) is 1. The third kappa shape index (κ3) is 3.93. The Bertz CT molecular complexity index is 454. The van der Waals surface area contributed by atoms with Crippen molar-refractivity contribution in [2.75, 3.05) is 39.3 Å². The third-order valence-corrected chi connectivity index (χ3v) is 4.74. The molecule has 2 heterocycles. The van der Waals surface area contributed by atoms with Gasteiger partial charge in [0.1, 0.15) is 5.69 Å². The Morgan fingerprint density at radius 2 is 2.05 bits per heavy atom. The summed E-state index contributed by atoms with van der Waals surface area (Å²) in [5.41, 5.74) is 1.38. The van der Waals surface area contributed by atoms with Gasteiger partial charge in [-0.1, -0.05) is 18.2 Å². The number of piperazine rings is 1. The van der Waals surface area contributed by atoms with Crippen LogP contribution in [0.1, 0.15) is 12.8 Å². The van der Waals surface area contributed by atoms with E-state index in [1.165, 1.54) is 12.1 Å². The number of rotatable bonds is 3. The summed E-state index contributed by atoms with van der Waals surface area (Å²) in [5.74, 6) is 0. The lowest BCUT2D eigenvalue weighted by atomic mass is 10.2. The van der Waals surface area contributed by atoms with Gasteiger partial charge < -0.3 is 15.0 Å². The first-order valence-electron chi connectivity index (χ1n) is 7.87. The first-order chi connectivity index (χ1) is 10.3. The summed E-state index contributed by atoms with van der Waals surface area (Å²) in [4.78, 5) is 3.84. The van der Waals surface area contributed by atoms with Crippen molar-refractivity contribution in [3.63, 3.8) is 0 Å². The van der Waals surface area contributed by atoms with Gasteiger partial charge in [0.2, 0.25) is 0 Å². The van der Waals surface area contributed by atoms with Crippen molar-refractivity contribution in [1.82, 2.24) is 10.2 Å². The summed E-state index contributed by atoms with van der Waals surface area (Å²) < 4.78 is 5.62. The van der Waals surface area contributed by atoms with Crippen LogP contribution in [0.4, 0.5) is 5.69 Å². The van der Waals surface area contributed by atoms with E-state index in [9.17, 15) is 0 Å². The molecular weight excluding hydrogens is 282 g/mol. The standard InChI is InChI=1S/C16H23N3OS/c21-16(17-13-15-7-4-12-20-15)19-10-8-18(9-11-19)14-5-2-1-3-6-14/h1-3,5-6,15H,4,7-13H2,(H,17,21)/p+1/t15-/m1/s1. The minimum atomic E-state index is 0.346. The number of benzene rings is 1. The maximum Gasteiger partial charge on any atom is 0.169 e. The number of hydrogen-bond acceptors (Lipinski definition) is 2. The summed E-state index contributed by atoms with van der Waals surface area (Å²) in [6.07, 6.45) is 2.68. The lowest BCUT2D eigenvalue weighted by molar-refractivity contribution is -0.837. The van der Waals surface area contributed by atoms with E-state index in [0.29, 0.717) is 6.10 Å². The highest BCUT2D eigenvalue weighted by atomic mass is 32.1. The van der Waals surface area contributed by atoms with Gasteiger partial charge in [-0.3, -0.25) is 4.90 Å². The van der Waals surface area contributed by atoms with Crippen molar-refractivity contribution in [3.8, 4) is 0 Å². The molecule has 0 spiro atoms. The monoisotopic (exact) mass is 306 g/mol. The summed E-state index contributed by atoms with van der Waals surface area (Å²) in [6, 6.07) is 10.7. The van der Waals surface area contributed by atoms with E-state index >= 15 is 0 Å². The van der Waals surface area contributed by atoms with Gasteiger partial charge in [0.25, 0.3) is 0 Å². The zero-order valence-corrected chi connectivity index (χ0v) is 13.2. The van der Waals surface area contributed by atoms with E-state index in [4.69, 9.17) is 17.0 Å². The molecule has 5 heteroatoms. The zero-order valence-electron chi connectivity index (χ0n) is 12.4. The second-order valence-corrected chi connectivity index (χ2v) is 6.16. The quantitative estimate of drug-likeness (QED) is 0.799. The number of thiocarbonyl (C=S) groups is 1. The molecule has 2 aliphatic heterocycles. The molecule has 0 amide bonds. The SMILES string of the molecule is S=C(NC[C@H]1CCCO1)N1CC[NH+](c2ccccc2)CC1. The van der Waals surface area contributed by atoms with E-state index in [-0.39, 0.29) is 0 Å². The minimum absolute atomic E-state index is 0.346. The minimum Gasteiger partial charge on any atom is -0.376 e. The Labute approximate surface area is 132 Å². The molecule has 1 aromatic rings. The summed E-state index contributed by atoms with van der Waals surface area (Å²) in [5, 5.41) is 4.26. The van der Waals surface area contributed by atoms with Crippen molar-refractivity contribution in [2.24, 2.45) is 0 Å². The zero-order chi connectivity index (χ0) is 14.5. The van der Waals surface area contributed by atoms with Crippen LogP contribution in [0.15, 0.2) is 30.3 Å². The Hall–Kier alpha value is -1.17. The largest absolute Gasteiger partial charge is 0.376 e. The van der Waals surface area contributed by atoms with E-state index in [0.717, 1.165) is 50.9 Å². The van der Waals surface area contributed by atoms with Gasteiger partial charge in [0, 0.05) is 13.2 Å². The lowest BCUT2D eigenvalue weighted by Crippen LogP contribution is -3.10. The van der Waals surface area contributed by atoms with Crippen LogP contribution in [0.3, 0.4) is 0 Å². The molecule has 0 aliphatic carbocycles. The van der Waals surface area contributed by atoms with Crippen LogP contribution in [-0.4, -0.2) is 55.4 Å². The van der Waals surface area contributed by atoms with Crippen LogP contribution in [0, 0.1) is 0 Å². The molecule has 0 saturated carbocycles. The van der Waals surface area contributed by atoms with Crippen molar-refractivity contribution in [1.29, 1.82) is 0 Å². The van der Waals surface area contributed by atoms with Crippen molar-refractivity contribution < 1.29 is 9.64 Å². The van der Waals surface area contributed by atoms with Crippen LogP contribution >= 0.6 is 12.2 Å². The van der Waals surface area contributed by atoms with Crippen molar-refractivity contribution in [3.05, 3.63) is 30.3 Å². The van der Waals surface area contributed by atoms with Gasteiger partial charge in [0.15, 0.2) is 5.11 Å². The van der Waals surface area contributed by atoms with Crippen LogP contribution in [0.25, 0.3) is 0 Å². The first-order valence-corrected chi connectivity index (χ1v) is 8.28. The number of para-hydroxylation sites is 1. The predicted molar refractivity (Wildman–Crippen MR) is 87.9 cm³/mol. The van der Waals surface area contributed by atoms with E-state index in [1.54, 1.807) is 4.90 Å². The number of nitrogens with zero attached hydrogens (tertiary/aromatic N) is 1. The fourth-order valence-corrected chi connectivity index (χ4v) is 3.33. The summed E-state index contributed by atoms with van der Waals surface area (Å²) in [6.45, 7) is 5.99. The molecule has 3 rings (SSSR count). The molecule has 0 bridgehead atoms. The van der Waals surface area contributed by atoms with Gasteiger partial charge in [0.05, 0.1) is 32.3 Å². The maximum absolute atomic E-state index is 5.62. The smallest absolute Gasteiger partial charge is 0.169 e. The Kier molecular flexibility index (Phi) is 5.06. The third-order valence-electron chi connectivity index (χ3n) is 4.34. The molecule has 4 nitrogen and oxygen atoms in total. The second-order valence-electron chi connectivity index (χ2n) is 5.78. The van der Waals surface area contributed by atoms with Crippen molar-refractivity contribution >= 4 is 23.0 Å². The Morgan fingerprint density at radius 3 is 2.71 bits per heavy atom. The molecule has 1 aromatic carbocycles. The Balaban J connectivity index is 1.43. The highest BCUT2D eigenvalue weighted by molar-refractivity contribution is 7.80. The van der Waals surface area contributed by atoms with Crippen LogP contribution < -0.4 is 10.2 Å². The van der Waals surface area contributed by atoms with E-state index in [2.05, 4.69) is 40.5 Å². The summed E-state index contributed by atoms with van der Waals surface area (Å²) >= 11 is 5.51. The molecule has 114 valence electrons. The average Bonchev–Trinajstić information content (AvgIpc) is 3.07. The van der Waals surface area contributed by atoms with Crippen LogP contribution in [0.2, 0.25) is 0 Å². The van der Waals surface area contributed by atoms with Gasteiger partial charge >= 0.3 is 0 Å². The highest BCUT2D eigenvalue weighted by Crippen LogP contribution is 2.10. The number of quaternary nitrogens is 1. The fraction of sp³-hybridized carbons (Fsp3) is 0.562. The van der Waals surface area contributed by atoms with Gasteiger partial charge in [-0.05, 0) is 37.2 Å². The number of nitrogens with one attached hydrogen (secondary N) is 2. The fourth-order valence-electron chi connectivity index (χ4n) is 3.06. The molecular formula is C16H24N3OS+. The van der Waals surface area contributed by atoms with Crippen molar-refractivity contribution in [2.45, 2.75) is 18.9 Å². The van der Waals surface area contributed by atoms with Crippen LogP contribution in [0.5, 0.6) is 0 Å². The van der Waals surface area contributed by atoms with Crippen LogP contribution in [-0.2, 0) is 4.74 Å². The van der Waals surface area contributed by atoms with E-state index in [1.807, 2.05) is 0 Å². The van der Waals surface area contributed by atoms with Gasteiger partial charge in [-0.15, -0.1) is 0 Å². The highest BCUT2D eigenvalue weighted by Gasteiger charge is 2.23. The molecule has 2 N–H and O–H groups in total. The molecule has 0 radical (unpaired) electrons. The molecule has 2 fully saturated rings. The number of hydrogen-bond donors (Lipinski definition) is 2. The molecule has 1 atom stereocenters. The molecule has 0 unspecified atom stereocenters. The predicted octanol–water partition coefficient (Wildman–Crippen LogP) is 0.572.